The van der Waals surface area contributed by atoms with Gasteiger partial charge in [0, 0.05) is 47.7 Å². The summed E-state index contributed by atoms with van der Waals surface area (Å²) in [5, 5.41) is 4.37. The van der Waals surface area contributed by atoms with Crippen molar-refractivity contribution in [2.75, 3.05) is 33.2 Å². The Morgan fingerprint density at radius 3 is 2.68 bits per heavy atom. The molecule has 0 spiro atoms. The number of halogens is 1. The number of hydrogen-bond acceptors (Lipinski definition) is 4. The fraction of sp³-hybridized carbons (Fsp3) is 0.429. The van der Waals surface area contributed by atoms with Crippen LogP contribution >= 0.6 is 22.9 Å². The summed E-state index contributed by atoms with van der Waals surface area (Å²) >= 11 is 8.22. The Kier molecular flexibility index (Phi) is 4.05. The van der Waals surface area contributed by atoms with Crippen molar-refractivity contribution in [2.24, 2.45) is 0 Å². The minimum atomic E-state index is 0.821. The van der Waals surface area contributed by atoms with Crippen LogP contribution in [0, 0.1) is 0 Å². The van der Waals surface area contributed by atoms with E-state index in [-0.39, 0.29) is 0 Å². The van der Waals surface area contributed by atoms with Gasteiger partial charge in [-0.3, -0.25) is 0 Å². The molecule has 1 aromatic carbocycles. The zero-order valence-corrected chi connectivity index (χ0v) is 12.6. The van der Waals surface area contributed by atoms with Crippen molar-refractivity contribution in [1.82, 2.24) is 15.3 Å². The minimum Gasteiger partial charge on any atom is -0.304 e. The Bertz CT molecular complexity index is 561. The van der Waals surface area contributed by atoms with E-state index in [0.717, 1.165) is 37.7 Å². The van der Waals surface area contributed by atoms with Gasteiger partial charge >= 0.3 is 0 Å². The number of hydrogen-bond donors (Lipinski definition) is 1. The number of piperazine rings is 1. The van der Waals surface area contributed by atoms with Gasteiger partial charge in [0.15, 0.2) is 0 Å². The van der Waals surface area contributed by atoms with Crippen molar-refractivity contribution in [2.45, 2.75) is 6.54 Å². The summed E-state index contributed by atoms with van der Waals surface area (Å²) in [4.78, 5) is 3.58. The SMILES string of the molecule is CN1CCN(NCc2sc3ccccc3c2Cl)CC1. The first kappa shape index (κ1) is 13.3. The van der Waals surface area contributed by atoms with Crippen molar-refractivity contribution in [1.29, 1.82) is 0 Å². The third-order valence-corrected chi connectivity index (χ3v) is 5.28. The van der Waals surface area contributed by atoms with E-state index in [9.17, 15) is 0 Å². The maximum absolute atomic E-state index is 6.44. The average molecular weight is 296 g/mol. The van der Waals surface area contributed by atoms with E-state index in [1.165, 1.54) is 15.0 Å². The van der Waals surface area contributed by atoms with Crippen LogP contribution in [0.1, 0.15) is 4.88 Å². The summed E-state index contributed by atoms with van der Waals surface area (Å²) in [5.41, 5.74) is 3.49. The van der Waals surface area contributed by atoms with Crippen LogP contribution in [0.3, 0.4) is 0 Å². The van der Waals surface area contributed by atoms with Crippen LogP contribution in [-0.2, 0) is 6.54 Å². The van der Waals surface area contributed by atoms with Gasteiger partial charge in [-0.15, -0.1) is 11.3 Å². The average Bonchev–Trinajstić information content (AvgIpc) is 2.76. The maximum Gasteiger partial charge on any atom is 0.0637 e. The number of rotatable bonds is 3. The first-order chi connectivity index (χ1) is 9.24. The van der Waals surface area contributed by atoms with Crippen LogP contribution in [0.4, 0.5) is 0 Å². The van der Waals surface area contributed by atoms with Crippen LogP contribution in [-0.4, -0.2) is 43.1 Å². The van der Waals surface area contributed by atoms with Crippen LogP contribution in [0.5, 0.6) is 0 Å². The van der Waals surface area contributed by atoms with Crippen LogP contribution in [0.25, 0.3) is 10.1 Å². The molecule has 0 unspecified atom stereocenters. The molecule has 0 radical (unpaired) electrons. The van der Waals surface area contributed by atoms with Gasteiger partial charge in [0.25, 0.3) is 0 Å². The van der Waals surface area contributed by atoms with E-state index in [1.54, 1.807) is 11.3 Å². The second-order valence-corrected chi connectivity index (χ2v) is 6.48. The summed E-state index contributed by atoms with van der Waals surface area (Å²) in [6.45, 7) is 5.19. The highest BCUT2D eigenvalue weighted by Gasteiger charge is 2.15. The number of likely N-dealkylation sites (N-methyl/N-ethyl adjacent to an activating group) is 1. The van der Waals surface area contributed by atoms with Crippen LogP contribution in [0.15, 0.2) is 24.3 Å². The van der Waals surface area contributed by atoms with Crippen molar-refractivity contribution in [3.63, 3.8) is 0 Å². The quantitative estimate of drug-likeness (QED) is 0.939. The van der Waals surface area contributed by atoms with Gasteiger partial charge in [-0.2, -0.15) is 0 Å². The Morgan fingerprint density at radius 2 is 1.95 bits per heavy atom. The summed E-state index contributed by atoms with van der Waals surface area (Å²) < 4.78 is 1.27. The smallest absolute Gasteiger partial charge is 0.0637 e. The number of thiophene rings is 1. The lowest BCUT2D eigenvalue weighted by molar-refractivity contribution is 0.102. The zero-order valence-electron chi connectivity index (χ0n) is 11.0. The molecule has 0 bridgehead atoms. The topological polar surface area (TPSA) is 18.5 Å². The molecular weight excluding hydrogens is 278 g/mol. The molecular formula is C14H18ClN3S. The standard InChI is InChI=1S/C14H18ClN3S/c1-17-6-8-18(9-7-17)16-10-13-14(15)11-4-2-3-5-12(11)19-13/h2-5,16H,6-10H2,1H3. The van der Waals surface area contributed by atoms with Gasteiger partial charge in [0.2, 0.25) is 0 Å². The lowest BCUT2D eigenvalue weighted by Gasteiger charge is -2.32. The Balaban J connectivity index is 1.67. The van der Waals surface area contributed by atoms with E-state index in [4.69, 9.17) is 11.6 Å². The molecule has 0 amide bonds. The fourth-order valence-electron chi connectivity index (χ4n) is 2.33. The molecule has 1 N–H and O–H groups in total. The molecule has 19 heavy (non-hydrogen) atoms. The summed E-state index contributed by atoms with van der Waals surface area (Å²) in [5.74, 6) is 0. The molecule has 2 heterocycles. The highest BCUT2D eigenvalue weighted by atomic mass is 35.5. The van der Waals surface area contributed by atoms with Gasteiger partial charge in [-0.1, -0.05) is 29.8 Å². The lowest BCUT2D eigenvalue weighted by Crippen LogP contribution is -2.50. The lowest BCUT2D eigenvalue weighted by atomic mass is 10.2. The molecule has 1 aliphatic rings. The van der Waals surface area contributed by atoms with E-state index in [2.05, 4.69) is 40.6 Å². The monoisotopic (exact) mass is 295 g/mol. The summed E-state index contributed by atoms with van der Waals surface area (Å²) in [6, 6.07) is 8.32. The van der Waals surface area contributed by atoms with Crippen molar-refractivity contribution in [3.05, 3.63) is 34.2 Å². The molecule has 1 saturated heterocycles. The fourth-order valence-corrected chi connectivity index (χ4v) is 3.76. The van der Waals surface area contributed by atoms with Gasteiger partial charge in [-0.05, 0) is 13.1 Å². The number of nitrogens with one attached hydrogen (secondary N) is 1. The van der Waals surface area contributed by atoms with E-state index in [0.29, 0.717) is 0 Å². The molecule has 2 aromatic rings. The molecule has 0 atom stereocenters. The Labute approximate surface area is 122 Å². The Morgan fingerprint density at radius 1 is 1.21 bits per heavy atom. The van der Waals surface area contributed by atoms with E-state index in [1.807, 2.05) is 6.07 Å². The Hall–Kier alpha value is -0.650. The van der Waals surface area contributed by atoms with Gasteiger partial charge in [0.1, 0.15) is 0 Å². The molecule has 1 aliphatic heterocycles. The molecule has 3 nitrogen and oxygen atoms in total. The van der Waals surface area contributed by atoms with Gasteiger partial charge in [0.05, 0.1) is 5.02 Å². The largest absolute Gasteiger partial charge is 0.304 e. The van der Waals surface area contributed by atoms with E-state index < -0.39 is 0 Å². The predicted octanol–water partition coefficient (Wildman–Crippen LogP) is 2.81. The number of fused-ring (bicyclic) bond motifs is 1. The molecule has 3 rings (SSSR count). The van der Waals surface area contributed by atoms with Gasteiger partial charge < -0.3 is 4.90 Å². The second-order valence-electron chi connectivity index (χ2n) is 4.96. The second kappa shape index (κ2) is 5.77. The third kappa shape index (κ3) is 2.93. The van der Waals surface area contributed by atoms with Crippen molar-refractivity contribution in [3.8, 4) is 0 Å². The van der Waals surface area contributed by atoms with Crippen LogP contribution < -0.4 is 5.43 Å². The van der Waals surface area contributed by atoms with Crippen LogP contribution in [0.2, 0.25) is 5.02 Å². The number of nitrogens with zero attached hydrogens (tertiary/aromatic N) is 2. The van der Waals surface area contributed by atoms with Crippen molar-refractivity contribution >= 4 is 33.0 Å². The normalized spacial score (nSPS) is 18.2. The predicted molar refractivity (Wildman–Crippen MR) is 82.7 cm³/mol. The molecule has 1 fully saturated rings. The molecule has 0 saturated carbocycles. The summed E-state index contributed by atoms with van der Waals surface area (Å²) in [6.07, 6.45) is 0. The number of hydrazine groups is 1. The van der Waals surface area contributed by atoms with Gasteiger partial charge in [-0.25, -0.2) is 10.4 Å². The minimum absolute atomic E-state index is 0.821. The van der Waals surface area contributed by atoms with Crippen molar-refractivity contribution < 1.29 is 0 Å². The molecule has 0 aliphatic carbocycles. The zero-order chi connectivity index (χ0) is 13.2. The first-order valence-electron chi connectivity index (χ1n) is 6.57. The molecule has 102 valence electrons. The third-order valence-electron chi connectivity index (χ3n) is 3.57. The molecule has 1 aromatic heterocycles. The van der Waals surface area contributed by atoms with E-state index >= 15 is 0 Å². The maximum atomic E-state index is 6.44. The first-order valence-corrected chi connectivity index (χ1v) is 7.76. The molecule has 5 heteroatoms. The summed E-state index contributed by atoms with van der Waals surface area (Å²) in [7, 11) is 2.17. The number of benzene rings is 1. The highest BCUT2D eigenvalue weighted by Crippen LogP contribution is 2.34. The highest BCUT2D eigenvalue weighted by molar-refractivity contribution is 7.19.